The summed E-state index contributed by atoms with van der Waals surface area (Å²) in [5.41, 5.74) is 0. The van der Waals surface area contributed by atoms with E-state index in [0.717, 1.165) is 6.42 Å². The minimum Gasteiger partial charge on any atom is -0.395 e. The summed E-state index contributed by atoms with van der Waals surface area (Å²) in [6, 6.07) is 0. The van der Waals surface area contributed by atoms with Crippen LogP contribution in [0, 0.1) is 11.8 Å². The summed E-state index contributed by atoms with van der Waals surface area (Å²) in [7, 11) is 0. The zero-order valence-corrected chi connectivity index (χ0v) is 11.1. The first-order valence-corrected chi connectivity index (χ1v) is 7.62. The van der Waals surface area contributed by atoms with Gasteiger partial charge in [-0.2, -0.15) is 3.15 Å². The smallest absolute Gasteiger partial charge is 0.395 e. The SMILES string of the molecule is O=C1[C@@H]2C[C@@H]2CN1C1=C2OC(F)(F)OC2=CI=N1. The lowest BCUT2D eigenvalue weighted by molar-refractivity contribution is -0.326. The molecule has 0 aromatic heterocycles. The molecule has 0 aromatic carbocycles. The Balaban J connectivity index is 1.74. The Morgan fingerprint density at radius 3 is 3.06 bits per heavy atom. The highest BCUT2D eigenvalue weighted by molar-refractivity contribution is 14.2. The van der Waals surface area contributed by atoms with Crippen LogP contribution >= 0.6 is 21.0 Å². The maximum absolute atomic E-state index is 13.0. The molecule has 18 heavy (non-hydrogen) atoms. The molecule has 0 spiro atoms. The molecule has 0 bridgehead atoms. The van der Waals surface area contributed by atoms with Crippen molar-refractivity contribution in [3.63, 3.8) is 0 Å². The average Bonchev–Trinajstić information content (AvgIpc) is 2.90. The predicted molar refractivity (Wildman–Crippen MR) is 62.0 cm³/mol. The fourth-order valence-electron chi connectivity index (χ4n) is 2.38. The van der Waals surface area contributed by atoms with E-state index < -0.39 is 27.3 Å². The van der Waals surface area contributed by atoms with Crippen LogP contribution in [0.15, 0.2) is 24.6 Å². The van der Waals surface area contributed by atoms with Crippen LogP contribution in [0.5, 0.6) is 0 Å². The second-order valence-electron chi connectivity index (χ2n) is 4.53. The molecule has 0 radical (unpaired) electrons. The van der Waals surface area contributed by atoms with Gasteiger partial charge < -0.3 is 9.47 Å². The van der Waals surface area contributed by atoms with Gasteiger partial charge in [0.05, 0.1) is 0 Å². The lowest BCUT2D eigenvalue weighted by Gasteiger charge is -2.19. The van der Waals surface area contributed by atoms with Gasteiger partial charge in [0.2, 0.25) is 11.7 Å². The van der Waals surface area contributed by atoms with Crippen molar-refractivity contribution in [1.29, 1.82) is 0 Å². The number of halogens is 3. The fourth-order valence-corrected chi connectivity index (χ4v) is 3.93. The monoisotopic (exact) mass is 368 g/mol. The van der Waals surface area contributed by atoms with Crippen molar-refractivity contribution >= 4 is 26.9 Å². The van der Waals surface area contributed by atoms with E-state index in [1.807, 2.05) is 0 Å². The third kappa shape index (κ3) is 1.44. The number of fused-ring (bicyclic) bond motifs is 2. The topological polar surface area (TPSA) is 51.1 Å². The van der Waals surface area contributed by atoms with E-state index in [9.17, 15) is 13.6 Å². The maximum Gasteiger partial charge on any atom is 0.586 e. The molecular weight excluding hydrogens is 361 g/mol. The lowest BCUT2D eigenvalue weighted by atomic mass is 10.3. The molecule has 2 atom stereocenters. The molecule has 0 aromatic rings. The number of nitrogens with zero attached hydrogens (tertiary/aromatic N) is 2. The number of hydrogen-bond acceptors (Lipinski definition) is 4. The molecule has 3 aliphatic heterocycles. The molecule has 3 heterocycles. The summed E-state index contributed by atoms with van der Waals surface area (Å²) in [5.74, 6) is 0.539. The highest BCUT2D eigenvalue weighted by Gasteiger charge is 2.55. The summed E-state index contributed by atoms with van der Waals surface area (Å²) in [6.07, 6.45) is -2.75. The molecule has 5 nitrogen and oxygen atoms in total. The van der Waals surface area contributed by atoms with Gasteiger partial charge in [-0.1, -0.05) is 0 Å². The van der Waals surface area contributed by atoms with Gasteiger partial charge in [0, 0.05) is 37.6 Å². The highest BCUT2D eigenvalue weighted by atomic mass is 127. The van der Waals surface area contributed by atoms with Crippen LogP contribution in [0.25, 0.3) is 0 Å². The summed E-state index contributed by atoms with van der Waals surface area (Å²) in [4.78, 5) is 13.4. The number of hydrogen-bond donors (Lipinski definition) is 0. The molecule has 2 saturated heterocycles. The van der Waals surface area contributed by atoms with E-state index in [-0.39, 0.29) is 29.2 Å². The maximum atomic E-state index is 13.0. The molecule has 3 fully saturated rings. The van der Waals surface area contributed by atoms with Crippen molar-refractivity contribution in [3.8, 4) is 0 Å². The van der Waals surface area contributed by atoms with Gasteiger partial charge in [-0.3, -0.25) is 9.69 Å². The third-order valence-corrected chi connectivity index (χ3v) is 4.91. The lowest BCUT2D eigenvalue weighted by Crippen LogP contribution is -2.28. The van der Waals surface area contributed by atoms with Crippen molar-refractivity contribution in [3.05, 3.63) is 21.4 Å². The number of ether oxygens (including phenoxy) is 2. The van der Waals surface area contributed by atoms with Crippen LogP contribution in [0.2, 0.25) is 0 Å². The Labute approximate surface area is 111 Å². The molecule has 1 amide bonds. The van der Waals surface area contributed by atoms with Crippen LogP contribution in [0.1, 0.15) is 6.42 Å². The Morgan fingerprint density at radius 1 is 1.50 bits per heavy atom. The molecule has 1 aliphatic carbocycles. The Morgan fingerprint density at radius 2 is 2.33 bits per heavy atom. The first-order chi connectivity index (χ1) is 8.55. The quantitative estimate of drug-likeness (QED) is 0.668. The minimum atomic E-state index is -3.65. The summed E-state index contributed by atoms with van der Waals surface area (Å²) in [5, 5.41) is 0. The number of piperidine rings is 1. The zero-order chi connectivity index (χ0) is 12.5. The van der Waals surface area contributed by atoms with Crippen LogP contribution in [-0.2, 0) is 14.3 Å². The van der Waals surface area contributed by atoms with Gasteiger partial charge in [-0.05, 0) is 12.3 Å². The van der Waals surface area contributed by atoms with E-state index in [4.69, 9.17) is 0 Å². The van der Waals surface area contributed by atoms with Crippen LogP contribution in [0.4, 0.5) is 8.78 Å². The Bertz CT molecular complexity index is 557. The van der Waals surface area contributed by atoms with Crippen molar-refractivity contribution in [2.24, 2.45) is 15.0 Å². The summed E-state index contributed by atoms with van der Waals surface area (Å²) in [6.45, 7) is 0.553. The van der Waals surface area contributed by atoms with Crippen molar-refractivity contribution in [1.82, 2.24) is 4.90 Å². The van der Waals surface area contributed by atoms with Gasteiger partial charge in [0.1, 0.15) is 0 Å². The van der Waals surface area contributed by atoms with E-state index in [1.165, 1.54) is 8.98 Å². The molecule has 1 saturated carbocycles. The standard InChI is InChI=1S/C10H7F2IN2O3/c11-10(12)17-6-2-13-14-8(7(6)18-10)15-3-4-1-5(4)9(15)16/h2,4-5H,1,3H2/t4-,5-/m1/s1. The molecule has 4 rings (SSSR count). The Kier molecular flexibility index (Phi) is 1.97. The van der Waals surface area contributed by atoms with E-state index in [2.05, 4.69) is 12.6 Å². The molecule has 4 aliphatic rings. The van der Waals surface area contributed by atoms with Gasteiger partial charge in [-0.15, -0.1) is 8.78 Å². The number of likely N-dealkylation sites (tertiary alicyclic amines) is 1. The predicted octanol–water partition coefficient (Wildman–Crippen LogP) is 2.24. The van der Waals surface area contributed by atoms with Crippen LogP contribution in [-0.4, -0.2) is 23.6 Å². The van der Waals surface area contributed by atoms with E-state index >= 15 is 0 Å². The molecule has 96 valence electrons. The second-order valence-corrected chi connectivity index (χ2v) is 6.19. The van der Waals surface area contributed by atoms with Gasteiger partial charge in [-0.25, -0.2) is 0 Å². The highest BCUT2D eigenvalue weighted by Crippen LogP contribution is 2.50. The first-order valence-electron chi connectivity index (χ1n) is 5.41. The van der Waals surface area contributed by atoms with E-state index in [1.54, 1.807) is 0 Å². The number of alkyl halides is 2. The third-order valence-electron chi connectivity index (χ3n) is 3.33. The van der Waals surface area contributed by atoms with Crippen molar-refractivity contribution in [2.75, 3.05) is 6.54 Å². The Hall–Kier alpha value is -1.06. The minimum absolute atomic E-state index is 0.0196. The van der Waals surface area contributed by atoms with Gasteiger partial charge >= 0.3 is 6.29 Å². The number of amides is 1. The fraction of sp³-hybridized carbons (Fsp3) is 0.500. The molecule has 0 N–H and O–H groups in total. The summed E-state index contributed by atoms with van der Waals surface area (Å²) < 4.78 is 40.7. The molecule has 8 heteroatoms. The van der Waals surface area contributed by atoms with E-state index in [0.29, 0.717) is 12.5 Å². The van der Waals surface area contributed by atoms with Crippen LogP contribution in [0.3, 0.4) is 0 Å². The van der Waals surface area contributed by atoms with Gasteiger partial charge in [0.25, 0.3) is 0 Å². The van der Waals surface area contributed by atoms with Crippen LogP contribution < -0.4 is 0 Å². The zero-order valence-electron chi connectivity index (χ0n) is 8.90. The van der Waals surface area contributed by atoms with Gasteiger partial charge in [0.15, 0.2) is 11.6 Å². The first kappa shape index (κ1) is 10.8. The normalized spacial score (nSPS) is 35.3. The van der Waals surface area contributed by atoms with Crippen molar-refractivity contribution in [2.45, 2.75) is 12.7 Å². The molecular formula is C10H7F2IN2O3. The number of carbonyl (C=O) groups is 1. The number of rotatable bonds is 1. The average molecular weight is 368 g/mol. The largest absolute Gasteiger partial charge is 0.586 e. The molecule has 0 unspecified atom stereocenters. The summed E-state index contributed by atoms with van der Waals surface area (Å²) >= 11 is -0.766. The van der Waals surface area contributed by atoms with Crippen molar-refractivity contribution < 1.29 is 23.0 Å². The number of carbonyl (C=O) groups excluding carboxylic acids is 1. The second kappa shape index (κ2) is 3.28.